The van der Waals surface area contributed by atoms with Gasteiger partial charge in [-0.05, 0) is 73.2 Å². The molecule has 29 heavy (non-hydrogen) atoms. The molecule has 0 spiro atoms. The topological polar surface area (TPSA) is 62.6 Å². The van der Waals surface area contributed by atoms with Gasteiger partial charge in [-0.1, -0.05) is 25.1 Å². The van der Waals surface area contributed by atoms with Gasteiger partial charge in [-0.2, -0.15) is 0 Å². The van der Waals surface area contributed by atoms with Gasteiger partial charge in [-0.3, -0.25) is 9.69 Å². The molecule has 5 nitrogen and oxygen atoms in total. The van der Waals surface area contributed by atoms with E-state index in [0.29, 0.717) is 12.1 Å². The van der Waals surface area contributed by atoms with Crippen LogP contribution in [0.2, 0.25) is 0 Å². The molecular weight excluding hydrogens is 364 g/mol. The minimum absolute atomic E-state index is 0.0680. The Morgan fingerprint density at radius 3 is 2.66 bits per heavy atom. The summed E-state index contributed by atoms with van der Waals surface area (Å²) in [4.78, 5) is 26.5. The van der Waals surface area contributed by atoms with Gasteiger partial charge in [0.1, 0.15) is 5.58 Å². The molecule has 3 aromatic rings. The second kappa shape index (κ2) is 8.21. The highest BCUT2D eigenvalue weighted by Gasteiger charge is 2.17. The van der Waals surface area contributed by atoms with Gasteiger partial charge in [0.25, 0.3) is 0 Å². The maximum atomic E-state index is 12.5. The van der Waals surface area contributed by atoms with E-state index in [1.165, 1.54) is 11.1 Å². The number of amides is 1. The van der Waals surface area contributed by atoms with Crippen molar-refractivity contribution in [3.05, 3.63) is 75.1 Å². The zero-order valence-electron chi connectivity index (χ0n) is 17.0. The first-order valence-electron chi connectivity index (χ1n) is 10.2. The van der Waals surface area contributed by atoms with Crippen LogP contribution in [0.3, 0.4) is 0 Å². The lowest BCUT2D eigenvalue weighted by Crippen LogP contribution is -2.30. The Morgan fingerprint density at radius 2 is 1.86 bits per heavy atom. The Labute approximate surface area is 170 Å². The first-order valence-corrected chi connectivity index (χ1v) is 10.2. The largest absolute Gasteiger partial charge is 0.423 e. The Morgan fingerprint density at radius 1 is 1.10 bits per heavy atom. The molecule has 1 aliphatic carbocycles. The third kappa shape index (κ3) is 4.25. The van der Waals surface area contributed by atoms with Gasteiger partial charge in [-0.15, -0.1) is 0 Å². The monoisotopic (exact) mass is 390 g/mol. The van der Waals surface area contributed by atoms with Crippen molar-refractivity contribution >= 4 is 22.6 Å². The molecule has 0 saturated heterocycles. The zero-order chi connectivity index (χ0) is 20.4. The summed E-state index contributed by atoms with van der Waals surface area (Å²) in [5, 5.41) is 3.97. The van der Waals surface area contributed by atoms with Crippen molar-refractivity contribution in [3.8, 4) is 0 Å². The summed E-state index contributed by atoms with van der Waals surface area (Å²) in [7, 11) is 1.89. The number of para-hydroxylation sites is 1. The fraction of sp³-hybridized carbons (Fsp3) is 0.333. The van der Waals surface area contributed by atoms with Crippen LogP contribution in [0.5, 0.6) is 0 Å². The number of carbonyl (C=O) groups excluding carboxylic acids is 1. The molecule has 0 unspecified atom stereocenters. The predicted octanol–water partition coefficient (Wildman–Crippen LogP) is 3.91. The van der Waals surface area contributed by atoms with Crippen molar-refractivity contribution in [2.24, 2.45) is 0 Å². The molecule has 0 radical (unpaired) electrons. The maximum Gasteiger partial charge on any atom is 0.336 e. The summed E-state index contributed by atoms with van der Waals surface area (Å²) in [6.07, 6.45) is 4.12. The minimum Gasteiger partial charge on any atom is -0.423 e. The third-order valence-electron chi connectivity index (χ3n) is 5.57. The van der Waals surface area contributed by atoms with Gasteiger partial charge in [0.15, 0.2) is 0 Å². The van der Waals surface area contributed by atoms with Crippen LogP contribution < -0.4 is 10.9 Å². The van der Waals surface area contributed by atoms with Crippen LogP contribution in [0, 0.1) is 0 Å². The van der Waals surface area contributed by atoms with Crippen molar-refractivity contribution in [2.45, 2.75) is 39.2 Å². The van der Waals surface area contributed by atoms with Crippen LogP contribution in [0.1, 0.15) is 35.6 Å². The van der Waals surface area contributed by atoms with Crippen molar-refractivity contribution in [2.75, 3.05) is 18.9 Å². The Hall–Kier alpha value is -2.92. The van der Waals surface area contributed by atoms with Gasteiger partial charge < -0.3 is 9.73 Å². The second-order valence-electron chi connectivity index (χ2n) is 7.79. The molecular formula is C24H26N2O3. The number of aryl methyl sites for hydroxylation is 3. The molecule has 4 rings (SSSR count). The lowest BCUT2D eigenvalue weighted by molar-refractivity contribution is -0.117. The first kappa shape index (κ1) is 19.4. The summed E-state index contributed by atoms with van der Waals surface area (Å²) in [5.41, 5.74) is 5.78. The standard InChI is InChI=1S/C24H26N2O3/c1-3-16-7-4-5-10-21(16)25-23(27)15-26(2)14-19-13-24(28)29-22-12-18-9-6-8-17(18)11-20(19)22/h4-5,7,10-13H,3,6,8-9,14-15H2,1-2H3,(H,25,27). The molecule has 0 aliphatic heterocycles. The van der Waals surface area contributed by atoms with Crippen LogP contribution in [-0.4, -0.2) is 24.4 Å². The van der Waals surface area contributed by atoms with E-state index >= 15 is 0 Å². The number of benzene rings is 2. The highest BCUT2D eigenvalue weighted by atomic mass is 16.4. The first-order chi connectivity index (χ1) is 14.0. The summed E-state index contributed by atoms with van der Waals surface area (Å²) in [6.45, 7) is 2.81. The molecule has 0 bridgehead atoms. The van der Waals surface area contributed by atoms with Crippen LogP contribution in [0.4, 0.5) is 5.69 Å². The van der Waals surface area contributed by atoms with E-state index in [9.17, 15) is 9.59 Å². The fourth-order valence-corrected chi connectivity index (χ4v) is 4.16. The van der Waals surface area contributed by atoms with E-state index in [1.54, 1.807) is 6.07 Å². The zero-order valence-corrected chi connectivity index (χ0v) is 17.0. The highest BCUT2D eigenvalue weighted by Crippen LogP contribution is 2.29. The van der Waals surface area contributed by atoms with Gasteiger partial charge >= 0.3 is 5.63 Å². The van der Waals surface area contributed by atoms with Gasteiger partial charge in [0, 0.05) is 23.7 Å². The maximum absolute atomic E-state index is 12.5. The number of nitrogens with zero attached hydrogens (tertiary/aromatic N) is 1. The van der Waals surface area contributed by atoms with Crippen molar-refractivity contribution in [1.82, 2.24) is 4.90 Å². The average Bonchev–Trinajstić information content (AvgIpc) is 3.14. The van der Waals surface area contributed by atoms with Crippen LogP contribution >= 0.6 is 0 Å². The number of hydrogen-bond acceptors (Lipinski definition) is 4. The van der Waals surface area contributed by atoms with E-state index in [4.69, 9.17) is 4.42 Å². The normalized spacial score (nSPS) is 13.1. The molecule has 1 N–H and O–H groups in total. The Balaban J connectivity index is 1.51. The number of fused-ring (bicyclic) bond motifs is 2. The van der Waals surface area contributed by atoms with Crippen molar-refractivity contribution in [3.63, 3.8) is 0 Å². The fourth-order valence-electron chi connectivity index (χ4n) is 4.16. The number of hydrogen-bond donors (Lipinski definition) is 1. The van der Waals surface area contributed by atoms with E-state index in [0.717, 1.165) is 47.9 Å². The van der Waals surface area contributed by atoms with E-state index in [1.807, 2.05) is 42.3 Å². The molecule has 150 valence electrons. The number of likely N-dealkylation sites (N-methyl/N-ethyl adjacent to an activating group) is 1. The van der Waals surface area contributed by atoms with Crippen LogP contribution in [0.25, 0.3) is 11.0 Å². The minimum atomic E-state index is -0.347. The SMILES string of the molecule is CCc1ccccc1NC(=O)CN(C)Cc1cc(=O)oc2cc3c(cc12)CCC3. The third-order valence-corrected chi connectivity index (χ3v) is 5.57. The van der Waals surface area contributed by atoms with Crippen molar-refractivity contribution < 1.29 is 9.21 Å². The van der Waals surface area contributed by atoms with Gasteiger partial charge in [-0.25, -0.2) is 4.79 Å². The molecule has 0 saturated carbocycles. The van der Waals surface area contributed by atoms with Gasteiger partial charge in [0.05, 0.1) is 6.54 Å². The molecule has 0 atom stereocenters. The van der Waals surface area contributed by atoms with Gasteiger partial charge in [0.2, 0.25) is 5.91 Å². The molecule has 1 aliphatic rings. The number of nitrogens with one attached hydrogen (secondary N) is 1. The molecule has 1 heterocycles. The second-order valence-corrected chi connectivity index (χ2v) is 7.79. The van der Waals surface area contributed by atoms with E-state index in [2.05, 4.69) is 18.3 Å². The molecule has 1 aromatic heterocycles. The van der Waals surface area contributed by atoms with Crippen LogP contribution in [-0.2, 0) is 30.6 Å². The average molecular weight is 390 g/mol. The van der Waals surface area contributed by atoms with E-state index < -0.39 is 0 Å². The summed E-state index contributed by atoms with van der Waals surface area (Å²) in [5.74, 6) is -0.0680. The smallest absolute Gasteiger partial charge is 0.336 e. The number of rotatable bonds is 6. The number of carbonyl (C=O) groups is 1. The Bertz CT molecular complexity index is 1120. The highest BCUT2D eigenvalue weighted by molar-refractivity contribution is 5.93. The summed E-state index contributed by atoms with van der Waals surface area (Å²) in [6, 6.07) is 13.6. The molecule has 5 heteroatoms. The Kier molecular flexibility index (Phi) is 5.49. The summed E-state index contributed by atoms with van der Waals surface area (Å²) < 4.78 is 5.44. The quantitative estimate of drug-likeness (QED) is 0.648. The molecule has 2 aromatic carbocycles. The number of anilines is 1. The van der Waals surface area contributed by atoms with Crippen LogP contribution in [0.15, 0.2) is 51.7 Å². The van der Waals surface area contributed by atoms with Crippen molar-refractivity contribution in [1.29, 1.82) is 0 Å². The lowest BCUT2D eigenvalue weighted by atomic mass is 10.0. The van der Waals surface area contributed by atoms with E-state index in [-0.39, 0.29) is 18.1 Å². The molecule has 1 amide bonds. The molecule has 0 fully saturated rings. The predicted molar refractivity (Wildman–Crippen MR) is 115 cm³/mol. The lowest BCUT2D eigenvalue weighted by Gasteiger charge is -2.18. The summed E-state index contributed by atoms with van der Waals surface area (Å²) >= 11 is 0.